The summed E-state index contributed by atoms with van der Waals surface area (Å²) in [5.41, 5.74) is 3.84. The second-order valence-electron chi connectivity index (χ2n) is 8.32. The van der Waals surface area contributed by atoms with Crippen LogP contribution in [-0.2, 0) is 0 Å². The molecule has 9 heteroatoms. The van der Waals surface area contributed by atoms with Gasteiger partial charge in [-0.15, -0.1) is 5.10 Å². The lowest BCUT2D eigenvalue weighted by Gasteiger charge is -2.36. The molecule has 0 bridgehead atoms. The maximum absolute atomic E-state index is 5.78. The zero-order valence-corrected chi connectivity index (χ0v) is 18.5. The van der Waals surface area contributed by atoms with Crippen LogP contribution in [0.15, 0.2) is 53.4 Å². The van der Waals surface area contributed by atoms with E-state index in [2.05, 4.69) is 48.9 Å². The highest BCUT2D eigenvalue weighted by Crippen LogP contribution is 2.31. The van der Waals surface area contributed by atoms with Gasteiger partial charge in [0, 0.05) is 66.3 Å². The standard InChI is InChI=1S/C23H26N8O/c1-14(2)26-23-29-28-22(32-23)16-5-6-19-17(11-16)18(12-25-19)21-24-8-7-20(27-21)31-10-9-30(4)15(3)13-31/h5-8,11-12,14,25H,3,9-10,13H2,1-2,4H3,(H,26,29). The minimum atomic E-state index is 0.212. The summed E-state index contributed by atoms with van der Waals surface area (Å²) in [7, 11) is 2.07. The second kappa shape index (κ2) is 7.99. The molecule has 2 N–H and O–H groups in total. The number of hydrogen-bond acceptors (Lipinski definition) is 8. The number of benzene rings is 1. The van der Waals surface area contributed by atoms with Crippen LogP contribution in [-0.4, -0.2) is 62.8 Å². The molecule has 1 saturated heterocycles. The van der Waals surface area contributed by atoms with Crippen molar-refractivity contribution in [2.45, 2.75) is 19.9 Å². The molecule has 1 fully saturated rings. The zero-order chi connectivity index (χ0) is 22.2. The molecule has 0 spiro atoms. The molecule has 1 aliphatic heterocycles. The van der Waals surface area contributed by atoms with Crippen molar-refractivity contribution in [1.82, 2.24) is 30.0 Å². The molecule has 1 aromatic carbocycles. The number of fused-ring (bicyclic) bond motifs is 1. The highest BCUT2D eigenvalue weighted by atomic mass is 16.4. The SMILES string of the molecule is C=C1CN(c2ccnc(-c3c[nH]c4ccc(-c5nnc(NC(C)C)o5)cc34)n2)CCN1C. The number of hydrogen-bond donors (Lipinski definition) is 2. The average Bonchev–Trinajstić information content (AvgIpc) is 3.42. The van der Waals surface area contributed by atoms with E-state index < -0.39 is 0 Å². The second-order valence-corrected chi connectivity index (χ2v) is 8.32. The molecular weight excluding hydrogens is 404 g/mol. The molecule has 32 heavy (non-hydrogen) atoms. The van der Waals surface area contributed by atoms with Crippen molar-refractivity contribution in [1.29, 1.82) is 0 Å². The van der Waals surface area contributed by atoms with Gasteiger partial charge in [-0.1, -0.05) is 11.7 Å². The predicted octanol–water partition coefficient (Wildman–Crippen LogP) is 3.76. The van der Waals surface area contributed by atoms with Crippen molar-refractivity contribution < 1.29 is 4.42 Å². The van der Waals surface area contributed by atoms with Gasteiger partial charge in [-0.2, -0.15) is 0 Å². The number of aromatic nitrogens is 5. The van der Waals surface area contributed by atoms with Gasteiger partial charge in [-0.05, 0) is 38.1 Å². The van der Waals surface area contributed by atoms with Crippen LogP contribution in [0.1, 0.15) is 13.8 Å². The van der Waals surface area contributed by atoms with Crippen LogP contribution in [0.2, 0.25) is 0 Å². The third-order valence-corrected chi connectivity index (χ3v) is 5.59. The van der Waals surface area contributed by atoms with E-state index in [4.69, 9.17) is 9.40 Å². The summed E-state index contributed by atoms with van der Waals surface area (Å²) < 4.78 is 5.78. The van der Waals surface area contributed by atoms with E-state index in [1.54, 1.807) is 0 Å². The highest BCUT2D eigenvalue weighted by molar-refractivity contribution is 5.96. The smallest absolute Gasteiger partial charge is 0.315 e. The van der Waals surface area contributed by atoms with Crippen LogP contribution in [0.3, 0.4) is 0 Å². The fourth-order valence-corrected chi connectivity index (χ4v) is 3.78. The van der Waals surface area contributed by atoms with Crippen LogP contribution in [0.4, 0.5) is 11.8 Å². The Morgan fingerprint density at radius 2 is 2.06 bits per heavy atom. The number of rotatable bonds is 5. The van der Waals surface area contributed by atoms with E-state index in [-0.39, 0.29) is 6.04 Å². The third-order valence-electron chi connectivity index (χ3n) is 5.59. The summed E-state index contributed by atoms with van der Waals surface area (Å²) in [6.45, 7) is 10.8. The Labute approximate surface area is 186 Å². The number of likely N-dealkylation sites (N-methyl/N-ethyl adjacent to an activating group) is 1. The molecule has 1 aliphatic rings. The monoisotopic (exact) mass is 430 g/mol. The quantitative estimate of drug-likeness (QED) is 0.494. The first-order valence-electron chi connectivity index (χ1n) is 10.7. The number of nitrogens with zero attached hydrogens (tertiary/aromatic N) is 6. The number of nitrogens with one attached hydrogen (secondary N) is 2. The van der Waals surface area contributed by atoms with Gasteiger partial charge in [0.2, 0.25) is 5.89 Å². The van der Waals surface area contributed by atoms with Crippen molar-refractivity contribution in [2.24, 2.45) is 0 Å². The lowest BCUT2D eigenvalue weighted by molar-refractivity contribution is 0.382. The van der Waals surface area contributed by atoms with Crippen LogP contribution < -0.4 is 10.2 Å². The molecule has 0 aliphatic carbocycles. The maximum Gasteiger partial charge on any atom is 0.315 e. The summed E-state index contributed by atoms with van der Waals surface area (Å²) in [5, 5.41) is 12.4. The molecular formula is C23H26N8O. The molecule has 3 aromatic heterocycles. The summed E-state index contributed by atoms with van der Waals surface area (Å²) in [5.74, 6) is 2.03. The Bertz CT molecular complexity index is 1270. The van der Waals surface area contributed by atoms with E-state index in [9.17, 15) is 0 Å². The topological polar surface area (TPSA) is 99.0 Å². The molecule has 4 aromatic rings. The molecule has 0 atom stereocenters. The van der Waals surface area contributed by atoms with Crippen molar-refractivity contribution in [3.8, 4) is 22.8 Å². The van der Waals surface area contributed by atoms with Gasteiger partial charge >= 0.3 is 6.01 Å². The molecule has 0 radical (unpaired) electrons. The van der Waals surface area contributed by atoms with Crippen molar-refractivity contribution in [3.05, 3.63) is 48.9 Å². The fraction of sp³-hybridized carbons (Fsp3) is 0.304. The Hall–Kier alpha value is -3.88. The Balaban J connectivity index is 1.48. The fourth-order valence-electron chi connectivity index (χ4n) is 3.78. The third kappa shape index (κ3) is 3.77. The lowest BCUT2D eigenvalue weighted by atomic mass is 10.1. The van der Waals surface area contributed by atoms with Gasteiger partial charge in [-0.3, -0.25) is 0 Å². The zero-order valence-electron chi connectivity index (χ0n) is 18.5. The van der Waals surface area contributed by atoms with E-state index in [0.29, 0.717) is 17.7 Å². The first kappa shape index (κ1) is 20.0. The molecule has 5 rings (SSSR count). The van der Waals surface area contributed by atoms with Gasteiger partial charge < -0.3 is 24.5 Å². The van der Waals surface area contributed by atoms with Gasteiger partial charge in [0.1, 0.15) is 5.82 Å². The molecule has 0 amide bonds. The van der Waals surface area contributed by atoms with Gasteiger partial charge in [0.25, 0.3) is 0 Å². The minimum Gasteiger partial charge on any atom is -0.403 e. The van der Waals surface area contributed by atoms with Crippen molar-refractivity contribution >= 4 is 22.7 Å². The van der Waals surface area contributed by atoms with E-state index >= 15 is 0 Å². The highest BCUT2D eigenvalue weighted by Gasteiger charge is 2.19. The first-order chi connectivity index (χ1) is 15.5. The Kier molecular flexibility index (Phi) is 5.01. The van der Waals surface area contributed by atoms with E-state index in [0.717, 1.165) is 53.2 Å². The van der Waals surface area contributed by atoms with Gasteiger partial charge in [-0.25, -0.2) is 9.97 Å². The molecule has 164 valence electrons. The van der Waals surface area contributed by atoms with Crippen molar-refractivity contribution in [3.63, 3.8) is 0 Å². The first-order valence-corrected chi connectivity index (χ1v) is 10.7. The maximum atomic E-state index is 5.78. The predicted molar refractivity (Wildman–Crippen MR) is 125 cm³/mol. The van der Waals surface area contributed by atoms with Gasteiger partial charge in [0.05, 0.1) is 6.54 Å². The van der Waals surface area contributed by atoms with Crippen LogP contribution in [0.25, 0.3) is 33.7 Å². The lowest BCUT2D eigenvalue weighted by Crippen LogP contribution is -2.43. The number of piperazine rings is 1. The minimum absolute atomic E-state index is 0.212. The summed E-state index contributed by atoms with van der Waals surface area (Å²) in [6.07, 6.45) is 3.75. The van der Waals surface area contributed by atoms with Gasteiger partial charge in [0.15, 0.2) is 5.82 Å². The van der Waals surface area contributed by atoms with Crippen LogP contribution in [0, 0.1) is 0 Å². The molecule has 0 unspecified atom stereocenters. The molecule has 0 saturated carbocycles. The number of aromatic amines is 1. The largest absolute Gasteiger partial charge is 0.403 e. The summed E-state index contributed by atoms with van der Waals surface area (Å²) in [4.78, 5) is 17.1. The van der Waals surface area contributed by atoms with Crippen molar-refractivity contribution in [2.75, 3.05) is 36.9 Å². The summed E-state index contributed by atoms with van der Waals surface area (Å²) >= 11 is 0. The molecule has 4 heterocycles. The summed E-state index contributed by atoms with van der Waals surface area (Å²) in [6, 6.07) is 8.56. The number of H-pyrrole nitrogens is 1. The Morgan fingerprint density at radius 3 is 2.88 bits per heavy atom. The van der Waals surface area contributed by atoms with Crippen LogP contribution in [0.5, 0.6) is 0 Å². The van der Waals surface area contributed by atoms with E-state index in [1.165, 1.54) is 0 Å². The Morgan fingerprint density at radius 1 is 1.19 bits per heavy atom. The van der Waals surface area contributed by atoms with Crippen LogP contribution >= 0.6 is 0 Å². The molecule has 9 nitrogen and oxygen atoms in total. The van der Waals surface area contributed by atoms with E-state index in [1.807, 2.05) is 50.5 Å². The average molecular weight is 431 g/mol. The number of anilines is 2. The normalized spacial score (nSPS) is 14.6.